The highest BCUT2D eigenvalue weighted by molar-refractivity contribution is 5.80. The molecular formula is C22H22N4O. The molecule has 0 spiro atoms. The van der Waals surface area contributed by atoms with Crippen molar-refractivity contribution in [3.63, 3.8) is 0 Å². The Morgan fingerprint density at radius 1 is 1.07 bits per heavy atom. The minimum Gasteiger partial charge on any atom is -0.349 e. The number of amides is 1. The molecule has 4 rings (SSSR count). The zero-order chi connectivity index (χ0) is 18.5. The zero-order valence-corrected chi connectivity index (χ0v) is 15.0. The lowest BCUT2D eigenvalue weighted by Gasteiger charge is -2.18. The first-order valence-corrected chi connectivity index (χ1v) is 9.16. The van der Waals surface area contributed by atoms with E-state index in [0.717, 1.165) is 16.9 Å². The highest BCUT2D eigenvalue weighted by Crippen LogP contribution is 2.18. The summed E-state index contributed by atoms with van der Waals surface area (Å²) in [6.07, 6.45) is 6.64. The number of imidazole rings is 1. The van der Waals surface area contributed by atoms with Crippen molar-refractivity contribution >= 4 is 16.8 Å². The highest BCUT2D eigenvalue weighted by atomic mass is 16.1. The first-order chi connectivity index (χ1) is 13.3. The predicted octanol–water partition coefficient (Wildman–Crippen LogP) is 3.85. The second-order valence-corrected chi connectivity index (χ2v) is 6.59. The summed E-state index contributed by atoms with van der Waals surface area (Å²) in [5.41, 5.74) is 2.23. The third-order valence-electron chi connectivity index (χ3n) is 4.75. The van der Waals surface area contributed by atoms with Crippen LogP contribution in [0.25, 0.3) is 10.9 Å². The minimum atomic E-state index is -0.105. The summed E-state index contributed by atoms with van der Waals surface area (Å²) in [4.78, 5) is 20.0. The van der Waals surface area contributed by atoms with Crippen molar-refractivity contribution in [1.82, 2.24) is 19.9 Å². The van der Waals surface area contributed by atoms with Crippen molar-refractivity contribution in [3.05, 3.63) is 90.6 Å². The van der Waals surface area contributed by atoms with E-state index in [1.807, 2.05) is 48.7 Å². The molecule has 5 nitrogen and oxygen atoms in total. The molecule has 1 amide bonds. The van der Waals surface area contributed by atoms with Crippen LogP contribution >= 0.6 is 0 Å². The van der Waals surface area contributed by atoms with Gasteiger partial charge in [-0.05, 0) is 23.1 Å². The Balaban J connectivity index is 1.43. The van der Waals surface area contributed by atoms with Crippen LogP contribution in [0.2, 0.25) is 0 Å². The SMILES string of the molecule is O=C(CCn1ccc2ccccc21)N[C@@H](Cc1ncc[nH]1)c1ccccc1. The standard InChI is InChI=1S/C22H22N4O/c27-22(11-15-26-14-10-18-8-4-5-9-20(18)26)25-19(16-21-23-12-13-24-21)17-6-2-1-3-7-17/h1-10,12-14,19H,11,15-16H2,(H,23,24)(H,25,27)/t19-/m0/s1. The van der Waals surface area contributed by atoms with Crippen molar-refractivity contribution in [2.45, 2.75) is 25.4 Å². The fourth-order valence-electron chi connectivity index (χ4n) is 3.36. The number of para-hydroxylation sites is 1. The van der Waals surface area contributed by atoms with Crippen molar-refractivity contribution in [2.75, 3.05) is 0 Å². The Morgan fingerprint density at radius 2 is 1.89 bits per heavy atom. The van der Waals surface area contributed by atoms with Gasteiger partial charge in [0, 0.05) is 43.5 Å². The fourth-order valence-corrected chi connectivity index (χ4v) is 3.36. The maximum absolute atomic E-state index is 12.6. The smallest absolute Gasteiger partial charge is 0.222 e. The number of carbonyl (C=O) groups excluding carboxylic acids is 1. The second kappa shape index (κ2) is 7.91. The van der Waals surface area contributed by atoms with Gasteiger partial charge in [0.2, 0.25) is 5.91 Å². The molecule has 136 valence electrons. The van der Waals surface area contributed by atoms with Gasteiger partial charge in [-0.15, -0.1) is 0 Å². The fraction of sp³-hybridized carbons (Fsp3) is 0.182. The number of rotatable bonds is 7. The van der Waals surface area contributed by atoms with Crippen LogP contribution in [0.1, 0.15) is 23.9 Å². The molecule has 0 aliphatic carbocycles. The highest BCUT2D eigenvalue weighted by Gasteiger charge is 2.16. The Hall–Kier alpha value is -3.34. The number of benzene rings is 2. The number of aryl methyl sites for hydroxylation is 1. The van der Waals surface area contributed by atoms with Crippen molar-refractivity contribution in [3.8, 4) is 0 Å². The molecule has 2 aromatic heterocycles. The number of nitrogens with one attached hydrogen (secondary N) is 2. The Labute approximate surface area is 158 Å². The number of hydrogen-bond acceptors (Lipinski definition) is 2. The summed E-state index contributed by atoms with van der Waals surface area (Å²) in [7, 11) is 0. The van der Waals surface area contributed by atoms with E-state index in [4.69, 9.17) is 0 Å². The van der Waals surface area contributed by atoms with E-state index >= 15 is 0 Å². The van der Waals surface area contributed by atoms with Crippen LogP contribution in [0.5, 0.6) is 0 Å². The van der Waals surface area contributed by atoms with E-state index in [2.05, 4.69) is 38.1 Å². The minimum absolute atomic E-state index is 0.0354. The van der Waals surface area contributed by atoms with Crippen LogP contribution in [0.3, 0.4) is 0 Å². The lowest BCUT2D eigenvalue weighted by molar-refractivity contribution is -0.122. The van der Waals surface area contributed by atoms with E-state index in [0.29, 0.717) is 19.4 Å². The molecule has 0 radical (unpaired) electrons. The number of nitrogens with zero attached hydrogens (tertiary/aromatic N) is 2. The van der Waals surface area contributed by atoms with Crippen LogP contribution < -0.4 is 5.32 Å². The molecule has 2 N–H and O–H groups in total. The largest absolute Gasteiger partial charge is 0.349 e. The van der Waals surface area contributed by atoms with Gasteiger partial charge in [-0.3, -0.25) is 4.79 Å². The van der Waals surface area contributed by atoms with E-state index < -0.39 is 0 Å². The lowest BCUT2D eigenvalue weighted by atomic mass is 10.0. The summed E-state index contributed by atoms with van der Waals surface area (Å²) in [6, 6.07) is 20.2. The first kappa shape index (κ1) is 17.1. The lowest BCUT2D eigenvalue weighted by Crippen LogP contribution is -2.30. The van der Waals surface area contributed by atoms with Crippen LogP contribution in [0.15, 0.2) is 79.3 Å². The van der Waals surface area contributed by atoms with Gasteiger partial charge >= 0.3 is 0 Å². The number of carbonyl (C=O) groups is 1. The number of aromatic amines is 1. The van der Waals surface area contributed by atoms with Crippen LogP contribution in [0.4, 0.5) is 0 Å². The van der Waals surface area contributed by atoms with Gasteiger partial charge in [0.25, 0.3) is 0 Å². The maximum Gasteiger partial charge on any atom is 0.222 e. The molecule has 2 heterocycles. The third kappa shape index (κ3) is 4.08. The maximum atomic E-state index is 12.6. The second-order valence-electron chi connectivity index (χ2n) is 6.59. The quantitative estimate of drug-likeness (QED) is 0.527. The summed E-state index contributed by atoms with van der Waals surface area (Å²) in [5, 5.41) is 4.36. The average Bonchev–Trinajstić information content (AvgIpc) is 3.36. The number of H-pyrrole nitrogens is 1. The van der Waals surface area contributed by atoms with Crippen molar-refractivity contribution in [1.29, 1.82) is 0 Å². The Morgan fingerprint density at radius 3 is 2.70 bits per heavy atom. The summed E-state index contributed by atoms with van der Waals surface area (Å²) < 4.78 is 2.12. The van der Waals surface area contributed by atoms with E-state index in [1.165, 1.54) is 5.39 Å². The van der Waals surface area contributed by atoms with Crippen LogP contribution in [-0.2, 0) is 17.8 Å². The first-order valence-electron chi connectivity index (χ1n) is 9.16. The van der Waals surface area contributed by atoms with E-state index in [1.54, 1.807) is 12.4 Å². The molecular weight excluding hydrogens is 336 g/mol. The number of aromatic nitrogens is 3. The molecule has 2 aromatic carbocycles. The molecule has 4 aromatic rings. The van der Waals surface area contributed by atoms with Crippen LogP contribution in [0, 0.1) is 0 Å². The Kier molecular flexibility index (Phi) is 5.01. The van der Waals surface area contributed by atoms with Crippen molar-refractivity contribution in [2.24, 2.45) is 0 Å². The van der Waals surface area contributed by atoms with Gasteiger partial charge < -0.3 is 14.9 Å². The normalized spacial score (nSPS) is 12.1. The molecule has 0 saturated heterocycles. The molecule has 0 unspecified atom stereocenters. The predicted molar refractivity (Wildman–Crippen MR) is 106 cm³/mol. The van der Waals surface area contributed by atoms with Gasteiger partial charge in [-0.2, -0.15) is 0 Å². The Bertz CT molecular complexity index is 1010. The summed E-state index contributed by atoms with van der Waals surface area (Å²) >= 11 is 0. The van der Waals surface area contributed by atoms with Gasteiger partial charge in [0.1, 0.15) is 5.82 Å². The number of fused-ring (bicyclic) bond motifs is 1. The third-order valence-corrected chi connectivity index (χ3v) is 4.75. The zero-order valence-electron chi connectivity index (χ0n) is 15.0. The molecule has 0 aliphatic rings. The molecule has 0 aliphatic heterocycles. The summed E-state index contributed by atoms with van der Waals surface area (Å²) in [5.74, 6) is 0.897. The van der Waals surface area contributed by atoms with Gasteiger partial charge in [-0.1, -0.05) is 48.5 Å². The molecule has 0 saturated carbocycles. The molecule has 0 bridgehead atoms. The van der Waals surface area contributed by atoms with Gasteiger partial charge in [-0.25, -0.2) is 4.98 Å². The van der Waals surface area contributed by atoms with E-state index in [-0.39, 0.29) is 11.9 Å². The van der Waals surface area contributed by atoms with Crippen molar-refractivity contribution < 1.29 is 4.79 Å². The van der Waals surface area contributed by atoms with Crippen LogP contribution in [-0.4, -0.2) is 20.4 Å². The molecule has 0 fully saturated rings. The molecule has 5 heteroatoms. The van der Waals surface area contributed by atoms with E-state index in [9.17, 15) is 4.79 Å². The average molecular weight is 358 g/mol. The van der Waals surface area contributed by atoms with Gasteiger partial charge in [0.05, 0.1) is 6.04 Å². The summed E-state index contributed by atoms with van der Waals surface area (Å²) in [6.45, 7) is 0.654. The topological polar surface area (TPSA) is 62.7 Å². The molecule has 27 heavy (non-hydrogen) atoms. The molecule has 1 atom stereocenters. The van der Waals surface area contributed by atoms with Gasteiger partial charge in [0.15, 0.2) is 0 Å². The monoisotopic (exact) mass is 358 g/mol. The number of hydrogen-bond donors (Lipinski definition) is 2.